The van der Waals surface area contributed by atoms with E-state index in [0.29, 0.717) is 0 Å². The van der Waals surface area contributed by atoms with Crippen LogP contribution in [0.25, 0.3) is 0 Å². The summed E-state index contributed by atoms with van der Waals surface area (Å²) in [6.45, 7) is 4.53. The second-order valence-electron chi connectivity index (χ2n) is 5.47. The summed E-state index contributed by atoms with van der Waals surface area (Å²) in [4.78, 5) is 2.40. The monoisotopic (exact) mass is 305 g/mol. The molecule has 4 nitrogen and oxygen atoms in total. The van der Waals surface area contributed by atoms with Crippen molar-refractivity contribution in [1.82, 2.24) is 4.90 Å². The second kappa shape index (κ2) is 12.8. The van der Waals surface area contributed by atoms with E-state index in [1.165, 1.54) is 45.1 Å². The second-order valence-corrected chi connectivity index (χ2v) is 8.56. The quantitative estimate of drug-likeness (QED) is 0.363. The summed E-state index contributed by atoms with van der Waals surface area (Å²) in [5.41, 5.74) is 0. The first-order valence-electron chi connectivity index (χ1n) is 7.98. The van der Waals surface area contributed by atoms with Gasteiger partial charge in [-0.2, -0.15) is 0 Å². The highest BCUT2D eigenvalue weighted by Crippen LogP contribution is 2.15. The molecule has 0 spiro atoms. The van der Waals surface area contributed by atoms with Crippen molar-refractivity contribution in [2.24, 2.45) is 0 Å². The number of hydrogen-bond donors (Lipinski definition) is 0. The van der Waals surface area contributed by atoms with Crippen LogP contribution in [0.5, 0.6) is 0 Å². The van der Waals surface area contributed by atoms with Crippen LogP contribution in [0.4, 0.5) is 0 Å². The van der Waals surface area contributed by atoms with Crippen LogP contribution >= 0.6 is 0 Å². The third-order valence-electron chi connectivity index (χ3n) is 3.85. The third-order valence-corrected chi connectivity index (χ3v) is 6.68. The molecule has 0 fully saturated rings. The van der Waals surface area contributed by atoms with Crippen molar-refractivity contribution in [1.29, 1.82) is 0 Å². The van der Waals surface area contributed by atoms with Gasteiger partial charge in [0.05, 0.1) is 0 Å². The molecule has 0 saturated carbocycles. The molecule has 0 aliphatic heterocycles. The van der Waals surface area contributed by atoms with E-state index in [-0.39, 0.29) is 0 Å². The van der Waals surface area contributed by atoms with Crippen LogP contribution in [0.2, 0.25) is 6.04 Å². The minimum absolute atomic E-state index is 0.886. The van der Waals surface area contributed by atoms with Gasteiger partial charge in [0.2, 0.25) is 0 Å². The molecule has 0 aromatic heterocycles. The summed E-state index contributed by atoms with van der Waals surface area (Å²) in [6, 6.07) is 0.886. The number of hydrogen-bond acceptors (Lipinski definition) is 4. The molecule has 0 radical (unpaired) electrons. The van der Waals surface area contributed by atoms with Gasteiger partial charge in [-0.3, -0.25) is 0 Å². The van der Waals surface area contributed by atoms with Crippen molar-refractivity contribution in [3.63, 3.8) is 0 Å². The summed E-state index contributed by atoms with van der Waals surface area (Å²) >= 11 is 0. The van der Waals surface area contributed by atoms with Gasteiger partial charge >= 0.3 is 8.80 Å². The molecule has 0 amide bonds. The maximum Gasteiger partial charge on any atom is 0.500 e. The minimum atomic E-state index is -2.36. The average molecular weight is 306 g/mol. The maximum atomic E-state index is 5.43. The highest BCUT2D eigenvalue weighted by atomic mass is 28.4. The maximum absolute atomic E-state index is 5.43. The van der Waals surface area contributed by atoms with Gasteiger partial charge < -0.3 is 18.2 Å². The first-order chi connectivity index (χ1) is 9.64. The van der Waals surface area contributed by atoms with Crippen molar-refractivity contribution in [2.75, 3.05) is 41.5 Å². The standard InChI is InChI=1S/C15H35NO3Si/c1-6-7-8-9-10-11-13-16(2)14-12-15-20(17-3,18-4)19-5/h6-15H2,1-5H3. The summed E-state index contributed by atoms with van der Waals surface area (Å²) < 4.78 is 16.3. The molecule has 0 aromatic rings. The van der Waals surface area contributed by atoms with Crippen molar-refractivity contribution in [2.45, 2.75) is 57.9 Å². The van der Waals surface area contributed by atoms with E-state index in [4.69, 9.17) is 13.3 Å². The number of unbranched alkanes of at least 4 members (excludes halogenated alkanes) is 5. The Morgan fingerprint density at radius 2 is 1.25 bits per heavy atom. The molecule has 20 heavy (non-hydrogen) atoms. The van der Waals surface area contributed by atoms with Crippen LogP contribution < -0.4 is 0 Å². The lowest BCUT2D eigenvalue weighted by Crippen LogP contribution is -2.43. The van der Waals surface area contributed by atoms with Gasteiger partial charge in [-0.25, -0.2) is 0 Å². The Labute approximate surface area is 127 Å². The SMILES string of the molecule is CCCCCCCCN(C)CCC[Si](OC)(OC)OC. The minimum Gasteiger partial charge on any atom is -0.377 e. The van der Waals surface area contributed by atoms with Gasteiger partial charge in [-0.1, -0.05) is 39.0 Å². The van der Waals surface area contributed by atoms with Crippen molar-refractivity contribution in [3.05, 3.63) is 0 Å². The number of nitrogens with zero attached hydrogens (tertiary/aromatic N) is 1. The lowest BCUT2D eigenvalue weighted by molar-refractivity contribution is 0.122. The predicted molar refractivity (Wildman–Crippen MR) is 87.1 cm³/mol. The Morgan fingerprint density at radius 3 is 1.80 bits per heavy atom. The summed E-state index contributed by atoms with van der Waals surface area (Å²) in [7, 11) is 4.87. The highest BCUT2D eigenvalue weighted by Gasteiger charge is 2.36. The molecule has 0 unspecified atom stereocenters. The van der Waals surface area contributed by atoms with Crippen LogP contribution in [0.15, 0.2) is 0 Å². The van der Waals surface area contributed by atoms with Gasteiger partial charge in [0.1, 0.15) is 0 Å². The van der Waals surface area contributed by atoms with E-state index in [9.17, 15) is 0 Å². The fourth-order valence-electron chi connectivity index (χ4n) is 2.40. The van der Waals surface area contributed by atoms with E-state index < -0.39 is 8.80 Å². The molecule has 0 N–H and O–H groups in total. The predicted octanol–water partition coefficient (Wildman–Crippen LogP) is 3.55. The molecule has 0 bridgehead atoms. The van der Waals surface area contributed by atoms with Crippen LogP contribution in [-0.2, 0) is 13.3 Å². The molecular formula is C15H35NO3Si. The molecule has 0 saturated heterocycles. The average Bonchev–Trinajstić information content (AvgIpc) is 2.48. The summed E-state index contributed by atoms with van der Waals surface area (Å²) in [5, 5.41) is 0. The summed E-state index contributed by atoms with van der Waals surface area (Å²) in [6.07, 6.45) is 9.21. The summed E-state index contributed by atoms with van der Waals surface area (Å²) in [5.74, 6) is 0. The van der Waals surface area contributed by atoms with E-state index in [2.05, 4.69) is 18.9 Å². The topological polar surface area (TPSA) is 30.9 Å². The van der Waals surface area contributed by atoms with Gasteiger partial charge in [0, 0.05) is 27.4 Å². The number of rotatable bonds is 14. The lowest BCUT2D eigenvalue weighted by Gasteiger charge is -2.25. The molecule has 0 aliphatic carbocycles. The highest BCUT2D eigenvalue weighted by molar-refractivity contribution is 6.60. The van der Waals surface area contributed by atoms with Crippen LogP contribution in [-0.4, -0.2) is 55.2 Å². The van der Waals surface area contributed by atoms with Crippen LogP contribution in [0.1, 0.15) is 51.9 Å². The first-order valence-corrected chi connectivity index (χ1v) is 9.91. The third kappa shape index (κ3) is 9.08. The Hall–Kier alpha value is 0.0569. The zero-order chi connectivity index (χ0) is 15.3. The van der Waals surface area contributed by atoms with E-state index in [1.807, 2.05) is 0 Å². The Balaban J connectivity index is 3.59. The van der Waals surface area contributed by atoms with Crippen LogP contribution in [0.3, 0.4) is 0 Å². The van der Waals surface area contributed by atoms with Crippen molar-refractivity contribution >= 4 is 8.80 Å². The Bertz CT molecular complexity index is 205. The molecule has 0 rings (SSSR count). The van der Waals surface area contributed by atoms with E-state index >= 15 is 0 Å². The van der Waals surface area contributed by atoms with Gasteiger partial charge in [0.15, 0.2) is 0 Å². The zero-order valence-electron chi connectivity index (χ0n) is 14.2. The normalized spacial score (nSPS) is 12.3. The molecule has 0 aliphatic rings. The molecule has 0 atom stereocenters. The lowest BCUT2D eigenvalue weighted by atomic mass is 10.1. The fourth-order valence-corrected chi connectivity index (χ4v) is 4.10. The molecular weight excluding hydrogens is 270 g/mol. The smallest absolute Gasteiger partial charge is 0.377 e. The van der Waals surface area contributed by atoms with Gasteiger partial charge in [-0.15, -0.1) is 0 Å². The molecule has 0 heterocycles. The van der Waals surface area contributed by atoms with Gasteiger partial charge in [-0.05, 0) is 33.0 Å². The molecule has 5 heteroatoms. The Kier molecular flexibility index (Phi) is 12.8. The van der Waals surface area contributed by atoms with Gasteiger partial charge in [0.25, 0.3) is 0 Å². The first kappa shape index (κ1) is 20.1. The zero-order valence-corrected chi connectivity index (χ0v) is 15.2. The molecule has 122 valence electrons. The van der Waals surface area contributed by atoms with Crippen LogP contribution in [0, 0.1) is 0 Å². The molecule has 0 aromatic carbocycles. The Morgan fingerprint density at radius 1 is 0.750 bits per heavy atom. The van der Waals surface area contributed by atoms with Crippen molar-refractivity contribution in [3.8, 4) is 0 Å². The fraction of sp³-hybridized carbons (Fsp3) is 1.00. The van der Waals surface area contributed by atoms with Crippen molar-refractivity contribution < 1.29 is 13.3 Å². The largest absolute Gasteiger partial charge is 0.500 e. The van der Waals surface area contributed by atoms with E-state index in [1.54, 1.807) is 21.3 Å². The van der Waals surface area contributed by atoms with E-state index in [0.717, 1.165) is 19.0 Å².